The van der Waals surface area contributed by atoms with Crippen molar-refractivity contribution in [2.24, 2.45) is 5.92 Å². The van der Waals surface area contributed by atoms with Gasteiger partial charge in [0.2, 0.25) is 5.91 Å². The minimum Gasteiger partial charge on any atom is -0.465 e. The molecule has 2 atom stereocenters. The Morgan fingerprint density at radius 2 is 1.70 bits per heavy atom. The number of rotatable bonds is 2. The SMILES string of the molecule is CC(C)(C)N(C(=O)O)[C@H]1CCC[C@@H](C(=O)N2CCC(O)CC2)C1. The molecule has 2 fully saturated rings. The number of carbonyl (C=O) groups excluding carboxylic acids is 1. The van der Waals surface area contributed by atoms with Crippen LogP contribution in [0.4, 0.5) is 4.79 Å². The maximum Gasteiger partial charge on any atom is 0.407 e. The van der Waals surface area contributed by atoms with Crippen molar-refractivity contribution < 1.29 is 19.8 Å². The lowest BCUT2D eigenvalue weighted by molar-refractivity contribution is -0.139. The summed E-state index contributed by atoms with van der Waals surface area (Å²) in [4.78, 5) is 27.8. The Balaban J connectivity index is 2.02. The van der Waals surface area contributed by atoms with Crippen molar-refractivity contribution in [2.75, 3.05) is 13.1 Å². The summed E-state index contributed by atoms with van der Waals surface area (Å²) in [5.41, 5.74) is -0.462. The van der Waals surface area contributed by atoms with Gasteiger partial charge in [0.1, 0.15) is 0 Å². The molecule has 1 saturated heterocycles. The van der Waals surface area contributed by atoms with Crippen LogP contribution in [0.15, 0.2) is 0 Å². The summed E-state index contributed by atoms with van der Waals surface area (Å²) in [6.07, 6.45) is 3.26. The van der Waals surface area contributed by atoms with Crippen LogP contribution < -0.4 is 0 Å². The highest BCUT2D eigenvalue weighted by atomic mass is 16.4. The summed E-state index contributed by atoms with van der Waals surface area (Å²) >= 11 is 0. The molecule has 1 saturated carbocycles. The molecule has 1 heterocycles. The molecule has 132 valence electrons. The van der Waals surface area contributed by atoms with Crippen molar-refractivity contribution in [3.05, 3.63) is 0 Å². The van der Waals surface area contributed by atoms with Crippen LogP contribution in [-0.2, 0) is 4.79 Å². The number of hydrogen-bond donors (Lipinski definition) is 2. The zero-order valence-electron chi connectivity index (χ0n) is 14.5. The summed E-state index contributed by atoms with van der Waals surface area (Å²) in [7, 11) is 0. The molecular formula is C17H30N2O4. The fourth-order valence-electron chi connectivity index (χ4n) is 3.96. The van der Waals surface area contributed by atoms with E-state index < -0.39 is 11.6 Å². The van der Waals surface area contributed by atoms with Gasteiger partial charge in [0.05, 0.1) is 6.10 Å². The van der Waals surface area contributed by atoms with E-state index in [1.807, 2.05) is 25.7 Å². The number of carboxylic acid groups (broad SMARTS) is 1. The van der Waals surface area contributed by atoms with Gasteiger partial charge in [-0.3, -0.25) is 4.79 Å². The van der Waals surface area contributed by atoms with Gasteiger partial charge in [0.25, 0.3) is 0 Å². The highest BCUT2D eigenvalue weighted by molar-refractivity contribution is 5.79. The Kier molecular flexibility index (Phi) is 5.55. The smallest absolute Gasteiger partial charge is 0.407 e. The van der Waals surface area contributed by atoms with Crippen molar-refractivity contribution in [3.8, 4) is 0 Å². The molecule has 0 bridgehead atoms. The van der Waals surface area contributed by atoms with E-state index in [-0.39, 0.29) is 24.0 Å². The molecule has 2 amide bonds. The Labute approximate surface area is 138 Å². The normalized spacial score (nSPS) is 26.9. The molecular weight excluding hydrogens is 296 g/mol. The van der Waals surface area contributed by atoms with E-state index in [0.29, 0.717) is 32.4 Å². The van der Waals surface area contributed by atoms with E-state index >= 15 is 0 Å². The van der Waals surface area contributed by atoms with E-state index in [2.05, 4.69) is 0 Å². The molecule has 0 aromatic rings. The Bertz CT molecular complexity index is 438. The van der Waals surface area contributed by atoms with Crippen LogP contribution >= 0.6 is 0 Å². The van der Waals surface area contributed by atoms with Crippen molar-refractivity contribution in [3.63, 3.8) is 0 Å². The molecule has 2 aliphatic rings. The number of amides is 2. The molecule has 2 rings (SSSR count). The molecule has 2 N–H and O–H groups in total. The molecule has 0 radical (unpaired) electrons. The third-order valence-electron chi connectivity index (χ3n) is 5.07. The van der Waals surface area contributed by atoms with Gasteiger partial charge in [-0.15, -0.1) is 0 Å². The maximum absolute atomic E-state index is 12.7. The van der Waals surface area contributed by atoms with Crippen molar-refractivity contribution in [1.29, 1.82) is 0 Å². The number of aliphatic hydroxyl groups is 1. The highest BCUT2D eigenvalue weighted by Crippen LogP contribution is 2.33. The number of hydrogen-bond acceptors (Lipinski definition) is 3. The average Bonchev–Trinajstić information content (AvgIpc) is 2.46. The third kappa shape index (κ3) is 4.37. The molecule has 23 heavy (non-hydrogen) atoms. The van der Waals surface area contributed by atoms with Crippen molar-refractivity contribution >= 4 is 12.0 Å². The van der Waals surface area contributed by atoms with Crippen LogP contribution in [0.2, 0.25) is 0 Å². The van der Waals surface area contributed by atoms with Gasteiger partial charge in [0.15, 0.2) is 0 Å². The summed E-state index contributed by atoms with van der Waals surface area (Å²) in [6.45, 7) is 6.93. The number of carbonyl (C=O) groups is 2. The zero-order valence-corrected chi connectivity index (χ0v) is 14.5. The summed E-state index contributed by atoms with van der Waals surface area (Å²) in [5.74, 6) is 0.0500. The Morgan fingerprint density at radius 1 is 1.09 bits per heavy atom. The fraction of sp³-hybridized carbons (Fsp3) is 0.882. The van der Waals surface area contributed by atoms with E-state index in [0.717, 1.165) is 19.3 Å². The first-order valence-corrected chi connectivity index (χ1v) is 8.69. The monoisotopic (exact) mass is 326 g/mol. The van der Waals surface area contributed by atoms with Gasteiger partial charge < -0.3 is 20.0 Å². The standard InChI is InChI=1S/C17H30N2O4/c1-17(2,3)19(16(22)23)13-6-4-5-12(11-13)15(21)18-9-7-14(20)8-10-18/h12-14,20H,4-11H2,1-3H3,(H,22,23)/t12-,13+/m1/s1. The Morgan fingerprint density at radius 3 is 2.22 bits per heavy atom. The fourth-order valence-corrected chi connectivity index (χ4v) is 3.96. The van der Waals surface area contributed by atoms with E-state index in [4.69, 9.17) is 0 Å². The molecule has 1 aliphatic heterocycles. The zero-order chi connectivity index (χ0) is 17.2. The summed E-state index contributed by atoms with van der Waals surface area (Å²) in [6, 6.07) is -0.0921. The minimum atomic E-state index is -0.906. The highest BCUT2D eigenvalue weighted by Gasteiger charge is 2.39. The van der Waals surface area contributed by atoms with Gasteiger partial charge in [-0.1, -0.05) is 6.42 Å². The number of likely N-dealkylation sites (tertiary alicyclic amines) is 1. The van der Waals surface area contributed by atoms with Crippen LogP contribution in [0, 0.1) is 5.92 Å². The molecule has 0 spiro atoms. The second kappa shape index (κ2) is 7.07. The molecule has 6 nitrogen and oxygen atoms in total. The van der Waals surface area contributed by atoms with Gasteiger partial charge in [0, 0.05) is 30.6 Å². The third-order valence-corrected chi connectivity index (χ3v) is 5.07. The van der Waals surface area contributed by atoms with Crippen molar-refractivity contribution in [1.82, 2.24) is 9.80 Å². The molecule has 0 unspecified atom stereocenters. The predicted molar refractivity (Wildman–Crippen MR) is 87.2 cm³/mol. The van der Waals surface area contributed by atoms with Gasteiger partial charge >= 0.3 is 6.09 Å². The molecule has 1 aliphatic carbocycles. The topological polar surface area (TPSA) is 81.1 Å². The average molecular weight is 326 g/mol. The van der Waals surface area contributed by atoms with Crippen LogP contribution in [0.25, 0.3) is 0 Å². The first-order valence-electron chi connectivity index (χ1n) is 8.69. The minimum absolute atomic E-state index is 0.0896. The van der Waals surface area contributed by atoms with E-state index in [9.17, 15) is 19.8 Å². The lowest BCUT2D eigenvalue weighted by Crippen LogP contribution is -2.54. The molecule has 6 heteroatoms. The number of nitrogens with zero attached hydrogens (tertiary/aromatic N) is 2. The lowest BCUT2D eigenvalue weighted by atomic mass is 9.82. The second-order valence-corrected chi connectivity index (χ2v) is 7.90. The maximum atomic E-state index is 12.7. The van der Waals surface area contributed by atoms with Crippen LogP contribution in [-0.4, -0.2) is 62.8 Å². The number of piperidine rings is 1. The van der Waals surface area contributed by atoms with Crippen molar-refractivity contribution in [2.45, 2.75) is 77.0 Å². The summed E-state index contributed by atoms with van der Waals surface area (Å²) < 4.78 is 0. The predicted octanol–water partition coefficient (Wildman–Crippen LogP) is 2.31. The lowest BCUT2D eigenvalue weighted by Gasteiger charge is -2.43. The van der Waals surface area contributed by atoms with Gasteiger partial charge in [-0.2, -0.15) is 0 Å². The number of aliphatic hydroxyl groups excluding tert-OH is 1. The molecule has 0 aromatic heterocycles. The summed E-state index contributed by atoms with van der Waals surface area (Å²) in [5, 5.41) is 19.1. The van der Waals surface area contributed by atoms with Gasteiger partial charge in [-0.25, -0.2) is 4.79 Å². The first-order chi connectivity index (χ1) is 10.7. The quantitative estimate of drug-likeness (QED) is 0.816. The Hall–Kier alpha value is -1.30. The van der Waals surface area contributed by atoms with E-state index in [1.54, 1.807) is 0 Å². The van der Waals surface area contributed by atoms with E-state index in [1.165, 1.54) is 4.90 Å². The molecule has 0 aromatic carbocycles. The first kappa shape index (κ1) is 18.0. The van der Waals surface area contributed by atoms with Crippen LogP contribution in [0.1, 0.15) is 59.3 Å². The largest absolute Gasteiger partial charge is 0.465 e. The van der Waals surface area contributed by atoms with Crippen LogP contribution in [0.5, 0.6) is 0 Å². The van der Waals surface area contributed by atoms with Gasteiger partial charge in [-0.05, 0) is 52.9 Å². The van der Waals surface area contributed by atoms with Crippen LogP contribution in [0.3, 0.4) is 0 Å². The second-order valence-electron chi connectivity index (χ2n) is 7.90.